The highest BCUT2D eigenvalue weighted by Crippen LogP contribution is 2.27. The fraction of sp³-hybridized carbons (Fsp3) is 0.400. The Hall–Kier alpha value is -3.18. The maximum Gasteiger partial charge on any atom is 0.254 e. The van der Waals surface area contributed by atoms with Gasteiger partial charge in [0.2, 0.25) is 5.95 Å². The van der Waals surface area contributed by atoms with Crippen LogP contribution < -0.4 is 21.7 Å². The van der Waals surface area contributed by atoms with Crippen molar-refractivity contribution >= 4 is 23.4 Å². The van der Waals surface area contributed by atoms with Crippen LogP contribution >= 0.6 is 0 Å². The van der Waals surface area contributed by atoms with Crippen LogP contribution in [0.25, 0.3) is 0 Å². The molecule has 0 saturated carbocycles. The maximum atomic E-state index is 11.8. The average molecular weight is 379 g/mol. The van der Waals surface area contributed by atoms with Gasteiger partial charge in [-0.25, -0.2) is 4.98 Å². The Bertz CT molecular complexity index is 919. The number of nitrogens with zero attached hydrogens (tertiary/aromatic N) is 4. The van der Waals surface area contributed by atoms with Gasteiger partial charge in [-0.05, 0) is 44.4 Å². The second kappa shape index (κ2) is 7.82. The highest BCUT2D eigenvalue weighted by Gasteiger charge is 2.22. The van der Waals surface area contributed by atoms with E-state index in [0.29, 0.717) is 24.0 Å². The Morgan fingerprint density at radius 3 is 2.89 bits per heavy atom. The van der Waals surface area contributed by atoms with Crippen LogP contribution in [0.4, 0.5) is 17.5 Å². The second-order valence-corrected chi connectivity index (χ2v) is 7.59. The molecule has 0 bridgehead atoms. The minimum Gasteiger partial charge on any atom is -0.365 e. The van der Waals surface area contributed by atoms with E-state index >= 15 is 0 Å². The number of nitrogens with one attached hydrogen (secondary N) is 1. The topological polar surface area (TPSA) is 134 Å². The molecule has 2 heterocycles. The van der Waals surface area contributed by atoms with Crippen molar-refractivity contribution in [3.63, 3.8) is 0 Å². The lowest BCUT2D eigenvalue weighted by Crippen LogP contribution is -2.43. The highest BCUT2D eigenvalue weighted by molar-refractivity contribution is 5.98. The third-order valence-corrected chi connectivity index (χ3v) is 4.91. The minimum absolute atomic E-state index is 0.0782. The van der Waals surface area contributed by atoms with Crippen LogP contribution in [-0.4, -0.2) is 35.0 Å². The number of piperidine rings is 1. The van der Waals surface area contributed by atoms with Crippen molar-refractivity contribution in [2.45, 2.75) is 38.1 Å². The first-order chi connectivity index (χ1) is 13.3. The first-order valence-corrected chi connectivity index (χ1v) is 9.26. The van der Waals surface area contributed by atoms with E-state index in [1.807, 2.05) is 43.0 Å². The summed E-state index contributed by atoms with van der Waals surface area (Å²) in [5.41, 5.74) is 12.7. The molecular weight excluding hydrogens is 354 g/mol. The number of nitrogens with two attached hydrogens (primary N) is 2. The van der Waals surface area contributed by atoms with E-state index in [1.54, 1.807) is 0 Å². The number of benzene rings is 1. The molecule has 0 radical (unpaired) electrons. The summed E-state index contributed by atoms with van der Waals surface area (Å²) in [5.74, 6) is 0.234. The van der Waals surface area contributed by atoms with E-state index < -0.39 is 11.3 Å². The van der Waals surface area contributed by atoms with Gasteiger partial charge in [0.1, 0.15) is 11.4 Å². The van der Waals surface area contributed by atoms with Crippen LogP contribution in [-0.2, 0) is 5.41 Å². The van der Waals surface area contributed by atoms with E-state index in [2.05, 4.69) is 21.4 Å². The normalized spacial score (nSPS) is 17.1. The van der Waals surface area contributed by atoms with Crippen LogP contribution in [0.3, 0.4) is 0 Å². The number of carbonyl (C=O) groups excluding carboxylic acids is 1. The van der Waals surface area contributed by atoms with Gasteiger partial charge in [-0.1, -0.05) is 12.1 Å². The molecule has 1 saturated heterocycles. The van der Waals surface area contributed by atoms with Crippen molar-refractivity contribution in [3.05, 3.63) is 41.6 Å². The summed E-state index contributed by atoms with van der Waals surface area (Å²) >= 11 is 0. The summed E-state index contributed by atoms with van der Waals surface area (Å²) in [6, 6.07) is 9.83. The van der Waals surface area contributed by atoms with E-state index in [4.69, 9.17) is 11.5 Å². The Kier molecular flexibility index (Phi) is 5.47. The molecule has 5 N–H and O–H groups in total. The molecule has 1 aromatic carbocycles. The summed E-state index contributed by atoms with van der Waals surface area (Å²) in [5, 5.41) is 12.5. The third kappa shape index (κ3) is 4.21. The molecule has 1 unspecified atom stereocenters. The highest BCUT2D eigenvalue weighted by atomic mass is 16.1. The maximum absolute atomic E-state index is 11.8. The molecule has 28 heavy (non-hydrogen) atoms. The molecule has 0 aliphatic carbocycles. The zero-order valence-corrected chi connectivity index (χ0v) is 16.1. The van der Waals surface area contributed by atoms with E-state index in [0.717, 1.165) is 24.9 Å². The smallest absolute Gasteiger partial charge is 0.254 e. The van der Waals surface area contributed by atoms with Crippen molar-refractivity contribution in [1.82, 2.24) is 9.97 Å². The van der Waals surface area contributed by atoms with Gasteiger partial charge in [0, 0.05) is 31.0 Å². The van der Waals surface area contributed by atoms with Crippen molar-refractivity contribution in [3.8, 4) is 6.07 Å². The zero-order chi connectivity index (χ0) is 20.3. The lowest BCUT2D eigenvalue weighted by atomic mass is 9.86. The number of nitriles is 1. The molecule has 1 atom stereocenters. The molecule has 8 nitrogen and oxygen atoms in total. The van der Waals surface area contributed by atoms with Gasteiger partial charge in [-0.15, -0.1) is 0 Å². The number of amides is 1. The Balaban J connectivity index is 1.94. The van der Waals surface area contributed by atoms with E-state index in [9.17, 15) is 10.1 Å². The zero-order valence-electron chi connectivity index (χ0n) is 16.1. The van der Waals surface area contributed by atoms with Gasteiger partial charge in [0.15, 0.2) is 0 Å². The van der Waals surface area contributed by atoms with Crippen LogP contribution in [0.2, 0.25) is 0 Å². The van der Waals surface area contributed by atoms with Gasteiger partial charge in [0.05, 0.1) is 11.5 Å². The summed E-state index contributed by atoms with van der Waals surface area (Å²) in [4.78, 5) is 22.7. The molecule has 1 fully saturated rings. The first-order valence-electron chi connectivity index (χ1n) is 9.26. The lowest BCUT2D eigenvalue weighted by molar-refractivity contribution is 0.100. The minimum atomic E-state index is -0.634. The third-order valence-electron chi connectivity index (χ3n) is 4.91. The molecule has 1 aliphatic heterocycles. The predicted molar refractivity (Wildman–Crippen MR) is 108 cm³/mol. The summed E-state index contributed by atoms with van der Waals surface area (Å²) in [6.07, 6.45) is 3.38. The molecule has 1 aromatic heterocycles. The molecule has 146 valence electrons. The van der Waals surface area contributed by atoms with Crippen molar-refractivity contribution < 1.29 is 4.79 Å². The van der Waals surface area contributed by atoms with Crippen LogP contribution in [0.5, 0.6) is 0 Å². The van der Waals surface area contributed by atoms with Gasteiger partial charge in [-0.3, -0.25) is 4.79 Å². The number of carbonyl (C=O) groups is 1. The largest absolute Gasteiger partial charge is 0.365 e. The molecule has 1 amide bonds. The fourth-order valence-electron chi connectivity index (χ4n) is 3.18. The van der Waals surface area contributed by atoms with Gasteiger partial charge < -0.3 is 21.7 Å². The lowest BCUT2D eigenvalue weighted by Gasteiger charge is -2.31. The first kappa shape index (κ1) is 19.6. The van der Waals surface area contributed by atoms with Crippen LogP contribution in [0.15, 0.2) is 30.5 Å². The van der Waals surface area contributed by atoms with Crippen LogP contribution in [0.1, 0.15) is 42.6 Å². The second-order valence-electron chi connectivity index (χ2n) is 7.59. The number of aromatic nitrogens is 2. The molecule has 1 aliphatic rings. The SMILES string of the molecule is CC(C)(C#N)c1cccc(Nc2nc(N3CCCC(N)C3)ncc2C(N)=O)c1. The van der Waals surface area contributed by atoms with E-state index in [-0.39, 0.29) is 11.6 Å². The molecular formula is C20H25N7O. The number of anilines is 3. The molecule has 0 spiro atoms. The molecule has 2 aromatic rings. The number of rotatable bonds is 5. The summed E-state index contributed by atoms with van der Waals surface area (Å²) in [6.45, 7) is 5.18. The van der Waals surface area contributed by atoms with Crippen molar-refractivity contribution in [2.24, 2.45) is 11.5 Å². The predicted octanol–water partition coefficient (Wildman–Crippen LogP) is 2.05. The van der Waals surface area contributed by atoms with E-state index in [1.165, 1.54) is 6.20 Å². The number of hydrogen-bond donors (Lipinski definition) is 3. The molecule has 3 rings (SSSR count). The number of primary amides is 1. The fourth-order valence-corrected chi connectivity index (χ4v) is 3.18. The Labute approximate surface area is 164 Å². The van der Waals surface area contributed by atoms with Gasteiger partial charge in [0.25, 0.3) is 5.91 Å². The van der Waals surface area contributed by atoms with Crippen molar-refractivity contribution in [2.75, 3.05) is 23.3 Å². The summed E-state index contributed by atoms with van der Waals surface area (Å²) in [7, 11) is 0. The monoisotopic (exact) mass is 379 g/mol. The van der Waals surface area contributed by atoms with Gasteiger partial charge >= 0.3 is 0 Å². The molecule has 8 heteroatoms. The number of hydrogen-bond acceptors (Lipinski definition) is 7. The summed E-state index contributed by atoms with van der Waals surface area (Å²) < 4.78 is 0. The van der Waals surface area contributed by atoms with Gasteiger partial charge in [-0.2, -0.15) is 10.2 Å². The standard InChI is InChI=1S/C20H25N7O/c1-20(2,12-21)13-5-3-7-15(9-13)25-18-16(17(23)28)10-24-19(26-18)27-8-4-6-14(22)11-27/h3,5,7,9-10,14H,4,6,8,11,22H2,1-2H3,(H2,23,28)(H,24,25,26). The Morgan fingerprint density at radius 2 is 2.21 bits per heavy atom. The van der Waals surface area contributed by atoms with Crippen molar-refractivity contribution in [1.29, 1.82) is 5.26 Å². The quantitative estimate of drug-likeness (QED) is 0.723. The Morgan fingerprint density at radius 1 is 1.43 bits per heavy atom. The average Bonchev–Trinajstić information content (AvgIpc) is 2.68. The van der Waals surface area contributed by atoms with Crippen LogP contribution in [0, 0.1) is 11.3 Å².